The van der Waals surface area contributed by atoms with Gasteiger partial charge in [-0.3, -0.25) is 4.79 Å². The predicted octanol–water partition coefficient (Wildman–Crippen LogP) is 5.59. The van der Waals surface area contributed by atoms with Gasteiger partial charge in [0.1, 0.15) is 11.6 Å². The van der Waals surface area contributed by atoms with Crippen LogP contribution in [0.4, 0.5) is 14.9 Å². The van der Waals surface area contributed by atoms with E-state index in [1.807, 2.05) is 67.6 Å². The van der Waals surface area contributed by atoms with Crippen molar-refractivity contribution in [2.45, 2.75) is 6.92 Å². The number of rotatable bonds is 5. The highest BCUT2D eigenvalue weighted by Gasteiger charge is 2.28. The Morgan fingerprint density at radius 2 is 1.55 bits per heavy atom. The van der Waals surface area contributed by atoms with Crippen molar-refractivity contribution in [3.63, 3.8) is 0 Å². The summed E-state index contributed by atoms with van der Waals surface area (Å²) in [5.41, 5.74) is 4.64. The number of urea groups is 1. The van der Waals surface area contributed by atoms with Crippen molar-refractivity contribution >= 4 is 17.6 Å². The molecule has 0 atom stereocenters. The number of carbonyl (C=O) groups excluding carboxylic acids is 2. The summed E-state index contributed by atoms with van der Waals surface area (Å²) in [5, 5.41) is 2.72. The largest absolute Gasteiger partial charge is 0.497 e. The molecule has 1 fully saturated rings. The number of halogens is 1. The molecule has 8 heteroatoms. The van der Waals surface area contributed by atoms with Gasteiger partial charge in [-0.05, 0) is 55.5 Å². The number of nitrogens with one attached hydrogen (secondary N) is 1. The van der Waals surface area contributed by atoms with Crippen molar-refractivity contribution in [1.82, 2.24) is 14.4 Å². The minimum atomic E-state index is -0.413. The van der Waals surface area contributed by atoms with Gasteiger partial charge < -0.3 is 24.4 Å². The first-order chi connectivity index (χ1) is 18.4. The van der Waals surface area contributed by atoms with Crippen LogP contribution < -0.4 is 10.1 Å². The Balaban J connectivity index is 1.37. The monoisotopic (exact) mass is 512 g/mol. The molecule has 0 bridgehead atoms. The van der Waals surface area contributed by atoms with Crippen LogP contribution in [-0.2, 0) is 0 Å². The smallest absolute Gasteiger partial charge is 0.321 e. The molecule has 5 rings (SSSR count). The Kier molecular flexibility index (Phi) is 7.13. The molecule has 0 unspecified atom stereocenters. The first-order valence-electron chi connectivity index (χ1n) is 12.5. The zero-order valence-corrected chi connectivity index (χ0v) is 21.4. The zero-order valence-electron chi connectivity index (χ0n) is 21.4. The second-order valence-electron chi connectivity index (χ2n) is 9.15. The minimum absolute atomic E-state index is 0.0773. The third kappa shape index (κ3) is 5.11. The predicted molar refractivity (Wildman–Crippen MR) is 145 cm³/mol. The van der Waals surface area contributed by atoms with Crippen LogP contribution in [0.5, 0.6) is 5.75 Å². The van der Waals surface area contributed by atoms with Crippen molar-refractivity contribution in [2.75, 3.05) is 38.6 Å². The molecule has 0 radical (unpaired) electrons. The Morgan fingerprint density at radius 3 is 2.26 bits per heavy atom. The highest BCUT2D eigenvalue weighted by atomic mass is 19.1. The van der Waals surface area contributed by atoms with Crippen molar-refractivity contribution in [3.05, 3.63) is 102 Å². The summed E-state index contributed by atoms with van der Waals surface area (Å²) in [7, 11) is 1.63. The molecular formula is C30H29FN4O3. The van der Waals surface area contributed by atoms with E-state index in [1.165, 1.54) is 12.1 Å². The summed E-state index contributed by atoms with van der Waals surface area (Å²) in [5.74, 6) is 0.248. The van der Waals surface area contributed by atoms with E-state index in [1.54, 1.807) is 29.0 Å². The van der Waals surface area contributed by atoms with Crippen molar-refractivity contribution < 1.29 is 18.7 Å². The number of ether oxygens (including phenoxy) is 1. The van der Waals surface area contributed by atoms with Crippen LogP contribution in [0, 0.1) is 12.7 Å². The average molecular weight is 513 g/mol. The first kappa shape index (κ1) is 25.1. The standard InChI is InChI=1S/C30H29FN4O3/c1-21-27(20-28(22-8-6-13-26(18-22)38-2)35(21)25-11-4-3-5-12-25)29(36)33-14-16-34(17-15-33)30(37)32-24-10-7-9-23(31)19-24/h3-13,18-20H,14-17H2,1-2H3,(H,32,37). The van der Waals surface area contributed by atoms with Gasteiger partial charge in [-0.2, -0.15) is 0 Å². The van der Waals surface area contributed by atoms with Crippen LogP contribution >= 0.6 is 0 Å². The van der Waals surface area contributed by atoms with Crippen LogP contribution in [0.3, 0.4) is 0 Å². The molecule has 0 spiro atoms. The number of piperazine rings is 1. The van der Waals surface area contributed by atoms with E-state index in [4.69, 9.17) is 4.74 Å². The molecule has 1 aromatic heterocycles. The van der Waals surface area contributed by atoms with Crippen molar-refractivity contribution in [3.8, 4) is 22.7 Å². The molecule has 3 aromatic carbocycles. The Morgan fingerprint density at radius 1 is 0.842 bits per heavy atom. The Labute approximate surface area is 221 Å². The summed E-state index contributed by atoms with van der Waals surface area (Å²) in [6.45, 7) is 3.52. The molecule has 1 aliphatic rings. The van der Waals surface area contributed by atoms with Crippen molar-refractivity contribution in [2.24, 2.45) is 0 Å². The van der Waals surface area contributed by atoms with Crippen LogP contribution in [0.25, 0.3) is 16.9 Å². The molecule has 38 heavy (non-hydrogen) atoms. The number of nitrogens with zero attached hydrogens (tertiary/aromatic N) is 3. The van der Waals surface area contributed by atoms with Gasteiger partial charge in [-0.1, -0.05) is 36.4 Å². The van der Waals surface area contributed by atoms with Crippen molar-refractivity contribution in [1.29, 1.82) is 0 Å². The van der Waals surface area contributed by atoms with E-state index in [9.17, 15) is 14.0 Å². The van der Waals surface area contributed by atoms with E-state index < -0.39 is 5.82 Å². The molecule has 1 aliphatic heterocycles. The van der Waals surface area contributed by atoms with Gasteiger partial charge in [-0.15, -0.1) is 0 Å². The van der Waals surface area contributed by atoms with E-state index in [0.717, 1.165) is 28.4 Å². The van der Waals surface area contributed by atoms with E-state index in [2.05, 4.69) is 9.88 Å². The maximum absolute atomic E-state index is 13.7. The lowest BCUT2D eigenvalue weighted by Crippen LogP contribution is -2.51. The van der Waals surface area contributed by atoms with Gasteiger partial charge in [0.15, 0.2) is 0 Å². The molecule has 0 aliphatic carbocycles. The highest BCUT2D eigenvalue weighted by molar-refractivity contribution is 5.98. The summed E-state index contributed by atoms with van der Waals surface area (Å²) in [4.78, 5) is 29.8. The van der Waals surface area contributed by atoms with Gasteiger partial charge in [0.25, 0.3) is 5.91 Å². The number of aromatic nitrogens is 1. The molecule has 1 N–H and O–H groups in total. The third-order valence-corrected chi connectivity index (χ3v) is 6.79. The van der Waals surface area contributed by atoms with Gasteiger partial charge in [0.2, 0.25) is 0 Å². The molecule has 1 saturated heterocycles. The second-order valence-corrected chi connectivity index (χ2v) is 9.15. The van der Waals surface area contributed by atoms with E-state index in [0.29, 0.717) is 37.4 Å². The number of amides is 3. The highest BCUT2D eigenvalue weighted by Crippen LogP contribution is 2.32. The zero-order chi connectivity index (χ0) is 26.6. The summed E-state index contributed by atoms with van der Waals surface area (Å²) in [6, 6.07) is 25.1. The SMILES string of the molecule is COc1cccc(-c2cc(C(=O)N3CCN(C(=O)Nc4cccc(F)c4)CC3)c(C)n2-c2ccccc2)c1. The van der Waals surface area contributed by atoms with Gasteiger partial charge >= 0.3 is 6.03 Å². The normalized spacial score (nSPS) is 13.3. The van der Waals surface area contributed by atoms with Gasteiger partial charge in [-0.25, -0.2) is 9.18 Å². The lowest BCUT2D eigenvalue weighted by molar-refractivity contribution is 0.0671. The first-order valence-corrected chi connectivity index (χ1v) is 12.5. The molecule has 194 valence electrons. The quantitative estimate of drug-likeness (QED) is 0.379. The fourth-order valence-corrected chi connectivity index (χ4v) is 4.78. The van der Waals surface area contributed by atoms with Gasteiger partial charge in [0.05, 0.1) is 18.4 Å². The third-order valence-electron chi connectivity index (χ3n) is 6.79. The molecule has 4 aromatic rings. The molecular weight excluding hydrogens is 483 g/mol. The molecule has 2 heterocycles. The number of carbonyl (C=O) groups is 2. The number of hydrogen-bond donors (Lipinski definition) is 1. The summed E-state index contributed by atoms with van der Waals surface area (Å²) >= 11 is 0. The van der Waals surface area contributed by atoms with Crippen LogP contribution in [0.2, 0.25) is 0 Å². The van der Waals surface area contributed by atoms with Gasteiger partial charge in [0, 0.05) is 48.8 Å². The van der Waals surface area contributed by atoms with Crippen LogP contribution in [0.15, 0.2) is 84.9 Å². The second kappa shape index (κ2) is 10.8. The van der Waals surface area contributed by atoms with Crippen LogP contribution in [-0.4, -0.2) is 59.6 Å². The summed E-state index contributed by atoms with van der Waals surface area (Å²) < 4.78 is 21.0. The summed E-state index contributed by atoms with van der Waals surface area (Å²) in [6.07, 6.45) is 0. The fourth-order valence-electron chi connectivity index (χ4n) is 4.78. The Hall–Kier alpha value is -4.59. The maximum atomic E-state index is 13.7. The van der Waals surface area contributed by atoms with E-state index in [-0.39, 0.29) is 11.9 Å². The fraction of sp³-hybridized carbons (Fsp3) is 0.200. The molecule has 0 saturated carbocycles. The topological polar surface area (TPSA) is 66.8 Å². The lowest BCUT2D eigenvalue weighted by atomic mass is 10.1. The Bertz CT molecular complexity index is 1460. The number of hydrogen-bond acceptors (Lipinski definition) is 3. The number of anilines is 1. The van der Waals surface area contributed by atoms with Crippen LogP contribution in [0.1, 0.15) is 16.1 Å². The number of methoxy groups -OCH3 is 1. The molecule has 3 amide bonds. The van der Waals surface area contributed by atoms with E-state index >= 15 is 0 Å². The molecule has 7 nitrogen and oxygen atoms in total. The number of benzene rings is 3. The lowest BCUT2D eigenvalue weighted by Gasteiger charge is -2.34. The maximum Gasteiger partial charge on any atom is 0.321 e. The number of para-hydroxylation sites is 1. The average Bonchev–Trinajstić information content (AvgIpc) is 3.30. The minimum Gasteiger partial charge on any atom is -0.497 e.